The molecule has 0 radical (unpaired) electrons. The van der Waals surface area contributed by atoms with Gasteiger partial charge in [-0.15, -0.1) is 0 Å². The molecule has 0 heterocycles. The molecular weight excluding hydrogens is 281 g/mol. The molecule has 1 atom stereocenters. The minimum absolute atomic E-state index is 0.0576. The number of nitrogens with two attached hydrogens (primary N) is 1. The number of hydrogen-bond donors (Lipinski definition) is 2. The smallest absolute Gasteiger partial charge is 0.272 e. The summed E-state index contributed by atoms with van der Waals surface area (Å²) in [6.45, 7) is 3.79. The van der Waals surface area contributed by atoms with Gasteiger partial charge in [-0.2, -0.15) is 0 Å². The number of hydrogen-bond acceptors (Lipinski definition) is 5. The zero-order chi connectivity index (χ0) is 16.0. The van der Waals surface area contributed by atoms with Gasteiger partial charge in [0.25, 0.3) is 5.69 Å². The summed E-state index contributed by atoms with van der Waals surface area (Å²) in [5, 5.41) is 13.5. The molecule has 0 aliphatic rings. The fourth-order valence-electron chi connectivity index (χ4n) is 1.72. The topological polar surface area (TPSA) is 107 Å². The van der Waals surface area contributed by atoms with Crippen molar-refractivity contribution in [2.24, 2.45) is 5.73 Å². The summed E-state index contributed by atoms with van der Waals surface area (Å²) in [4.78, 5) is 21.0. The molecule has 0 saturated heterocycles. The summed E-state index contributed by atoms with van der Waals surface area (Å²) in [5.74, 6) is -1.44. The van der Waals surface area contributed by atoms with E-state index in [4.69, 9.17) is 10.5 Å². The van der Waals surface area contributed by atoms with Gasteiger partial charge in [-0.05, 0) is 6.07 Å². The lowest BCUT2D eigenvalue weighted by Crippen LogP contribution is -2.45. The quantitative estimate of drug-likeness (QED) is 0.556. The molecule has 0 spiro atoms. The number of non-ortho nitro benzene ring substituents is 1. The van der Waals surface area contributed by atoms with Crippen LogP contribution in [-0.4, -0.2) is 29.5 Å². The highest BCUT2D eigenvalue weighted by molar-refractivity contribution is 5.79. The van der Waals surface area contributed by atoms with Gasteiger partial charge in [0.1, 0.15) is 0 Å². The molecule has 0 aromatic heterocycles. The second-order valence-corrected chi connectivity index (χ2v) is 4.79. The van der Waals surface area contributed by atoms with Crippen molar-refractivity contribution < 1.29 is 18.8 Å². The lowest BCUT2D eigenvalue weighted by atomic mass is 10.2. The fourth-order valence-corrected chi connectivity index (χ4v) is 1.72. The first-order chi connectivity index (χ1) is 9.81. The first-order valence-electron chi connectivity index (χ1n) is 6.43. The molecule has 0 fully saturated rings. The number of primary amides is 1. The number of benzene rings is 1. The first kappa shape index (κ1) is 16.8. The Bertz CT molecular complexity index is 522. The molecule has 1 rings (SSSR count). The average molecular weight is 299 g/mol. The fraction of sp³-hybridized carbons (Fsp3) is 0.462. The van der Waals surface area contributed by atoms with Crippen molar-refractivity contribution in [1.82, 2.24) is 5.32 Å². The van der Waals surface area contributed by atoms with Crippen LogP contribution < -0.4 is 15.8 Å². The van der Waals surface area contributed by atoms with Gasteiger partial charge >= 0.3 is 0 Å². The summed E-state index contributed by atoms with van der Waals surface area (Å²) < 4.78 is 18.8. The largest absolute Gasteiger partial charge is 0.490 e. The van der Waals surface area contributed by atoms with Gasteiger partial charge in [-0.25, -0.2) is 4.39 Å². The van der Waals surface area contributed by atoms with Gasteiger partial charge < -0.3 is 15.8 Å². The van der Waals surface area contributed by atoms with E-state index in [0.717, 1.165) is 12.1 Å². The Morgan fingerprint density at radius 1 is 1.52 bits per heavy atom. The van der Waals surface area contributed by atoms with Crippen LogP contribution in [0.25, 0.3) is 0 Å². The normalized spacial score (nSPS) is 12.2. The van der Waals surface area contributed by atoms with Crippen LogP contribution in [0.1, 0.15) is 20.3 Å². The van der Waals surface area contributed by atoms with E-state index in [0.29, 0.717) is 0 Å². The summed E-state index contributed by atoms with van der Waals surface area (Å²) in [6.07, 6.45) is 0.268. The maximum absolute atomic E-state index is 13.6. The molecule has 1 unspecified atom stereocenters. The van der Waals surface area contributed by atoms with Crippen molar-refractivity contribution in [3.05, 3.63) is 34.1 Å². The second-order valence-electron chi connectivity index (χ2n) is 4.79. The lowest BCUT2D eigenvalue weighted by molar-refractivity contribution is -0.385. The molecule has 0 aliphatic carbocycles. The standard InChI is InChI=1S/C13H18FN3O4/c1-8(2)16-11(13(15)18)5-6-21-12-4-3-9(17(19)20)7-10(12)14/h3-4,7-8,11,16H,5-6H2,1-2H3,(H2,15,18). The van der Waals surface area contributed by atoms with Gasteiger partial charge in [0.05, 0.1) is 23.6 Å². The van der Waals surface area contributed by atoms with Crippen LogP contribution in [0.4, 0.5) is 10.1 Å². The Morgan fingerprint density at radius 3 is 2.67 bits per heavy atom. The monoisotopic (exact) mass is 299 g/mol. The van der Waals surface area contributed by atoms with E-state index >= 15 is 0 Å². The molecule has 116 valence electrons. The predicted molar refractivity (Wildman–Crippen MR) is 74.4 cm³/mol. The summed E-state index contributed by atoms with van der Waals surface area (Å²) in [5.41, 5.74) is 4.89. The lowest BCUT2D eigenvalue weighted by Gasteiger charge is -2.18. The Labute approximate surface area is 121 Å². The van der Waals surface area contributed by atoms with E-state index in [9.17, 15) is 19.3 Å². The molecule has 1 amide bonds. The number of nitro benzene ring substituents is 1. The van der Waals surface area contributed by atoms with Crippen molar-refractivity contribution >= 4 is 11.6 Å². The molecule has 1 aromatic rings. The van der Waals surface area contributed by atoms with Crippen LogP contribution >= 0.6 is 0 Å². The molecule has 7 nitrogen and oxygen atoms in total. The van der Waals surface area contributed by atoms with E-state index in [1.807, 2.05) is 13.8 Å². The Morgan fingerprint density at radius 2 is 2.19 bits per heavy atom. The minimum Gasteiger partial charge on any atom is -0.490 e. The number of ether oxygens (including phenoxy) is 1. The van der Waals surface area contributed by atoms with Crippen molar-refractivity contribution in [3.8, 4) is 5.75 Å². The highest BCUT2D eigenvalue weighted by Crippen LogP contribution is 2.22. The average Bonchev–Trinajstić information content (AvgIpc) is 2.38. The summed E-state index contributed by atoms with van der Waals surface area (Å²) in [6, 6.07) is 2.61. The molecule has 3 N–H and O–H groups in total. The number of carbonyl (C=O) groups is 1. The minimum atomic E-state index is -0.823. The van der Waals surface area contributed by atoms with E-state index < -0.39 is 22.7 Å². The number of amides is 1. The van der Waals surface area contributed by atoms with E-state index in [-0.39, 0.29) is 30.5 Å². The third kappa shape index (κ3) is 5.35. The number of nitrogens with zero attached hydrogens (tertiary/aromatic N) is 1. The van der Waals surface area contributed by atoms with Crippen molar-refractivity contribution in [1.29, 1.82) is 0 Å². The number of carbonyl (C=O) groups excluding carboxylic acids is 1. The Kier molecular flexibility index (Phi) is 6.04. The van der Waals surface area contributed by atoms with Gasteiger partial charge in [-0.3, -0.25) is 14.9 Å². The summed E-state index contributed by atoms with van der Waals surface area (Å²) in [7, 11) is 0. The number of nitro groups is 1. The van der Waals surface area contributed by atoms with Crippen LogP contribution in [0.15, 0.2) is 18.2 Å². The van der Waals surface area contributed by atoms with Gasteiger partial charge in [0.15, 0.2) is 11.6 Å². The van der Waals surface area contributed by atoms with Gasteiger partial charge in [0.2, 0.25) is 5.91 Å². The van der Waals surface area contributed by atoms with Crippen LogP contribution in [0, 0.1) is 15.9 Å². The molecule has 8 heteroatoms. The highest BCUT2D eigenvalue weighted by atomic mass is 19.1. The highest BCUT2D eigenvalue weighted by Gasteiger charge is 2.17. The van der Waals surface area contributed by atoms with Crippen LogP contribution in [-0.2, 0) is 4.79 Å². The zero-order valence-electron chi connectivity index (χ0n) is 11.8. The predicted octanol–water partition coefficient (Wildman–Crippen LogP) is 1.35. The third-order valence-electron chi connectivity index (χ3n) is 2.67. The maximum Gasteiger partial charge on any atom is 0.272 e. The molecule has 21 heavy (non-hydrogen) atoms. The van der Waals surface area contributed by atoms with Crippen LogP contribution in [0.5, 0.6) is 5.75 Å². The SMILES string of the molecule is CC(C)NC(CCOc1ccc([N+](=O)[O-])cc1F)C(N)=O. The maximum atomic E-state index is 13.6. The Hall–Kier alpha value is -2.22. The molecule has 1 aromatic carbocycles. The van der Waals surface area contributed by atoms with Gasteiger partial charge in [-0.1, -0.05) is 13.8 Å². The van der Waals surface area contributed by atoms with E-state index in [2.05, 4.69) is 5.32 Å². The van der Waals surface area contributed by atoms with Gasteiger partial charge in [0, 0.05) is 18.5 Å². The summed E-state index contributed by atoms with van der Waals surface area (Å²) >= 11 is 0. The number of rotatable bonds is 8. The molecular formula is C13H18FN3O4. The number of nitrogens with one attached hydrogen (secondary N) is 1. The van der Waals surface area contributed by atoms with Crippen molar-refractivity contribution in [2.45, 2.75) is 32.4 Å². The first-order valence-corrected chi connectivity index (χ1v) is 6.43. The van der Waals surface area contributed by atoms with Crippen molar-refractivity contribution in [2.75, 3.05) is 6.61 Å². The third-order valence-corrected chi connectivity index (χ3v) is 2.67. The van der Waals surface area contributed by atoms with Crippen LogP contribution in [0.2, 0.25) is 0 Å². The second kappa shape index (κ2) is 7.53. The Balaban J connectivity index is 2.58. The van der Waals surface area contributed by atoms with E-state index in [1.54, 1.807) is 0 Å². The van der Waals surface area contributed by atoms with Crippen LogP contribution in [0.3, 0.4) is 0 Å². The van der Waals surface area contributed by atoms with Crippen molar-refractivity contribution in [3.63, 3.8) is 0 Å². The molecule has 0 bridgehead atoms. The van der Waals surface area contributed by atoms with E-state index in [1.165, 1.54) is 6.07 Å². The molecule has 0 aliphatic heterocycles. The molecule has 0 saturated carbocycles. The number of halogens is 1. The zero-order valence-corrected chi connectivity index (χ0v) is 11.8.